The SMILES string of the molecule is CC(C)CCO.CC(C)CCO.CCC(C)C.CCC(C)C.COCCC(C)C.COCCC(C)C.COc1cc(C)cc2nc3c(C)cccc3nc12.Cc1cc(O)c2nc3cccc(C)c3nc2c1. The van der Waals surface area contributed by atoms with Crippen LogP contribution in [0.25, 0.3) is 44.1 Å². The number of hydrogen-bond donors (Lipinski definition) is 3. The summed E-state index contributed by atoms with van der Waals surface area (Å²) in [6, 6.07) is 19.6. The van der Waals surface area contributed by atoms with Crippen LogP contribution in [0.15, 0.2) is 60.7 Å². The van der Waals surface area contributed by atoms with E-state index < -0.39 is 0 Å². The van der Waals surface area contributed by atoms with Crippen molar-refractivity contribution in [3.8, 4) is 11.5 Å². The van der Waals surface area contributed by atoms with Crippen LogP contribution in [0.4, 0.5) is 0 Å². The lowest BCUT2D eigenvalue weighted by atomic mass is 10.1. The van der Waals surface area contributed by atoms with Gasteiger partial charge in [0.05, 0.1) is 40.2 Å². The second kappa shape index (κ2) is 40.1. The van der Waals surface area contributed by atoms with Crippen molar-refractivity contribution in [3.05, 3.63) is 82.9 Å². The number of para-hydroxylation sites is 2. The van der Waals surface area contributed by atoms with Gasteiger partial charge >= 0.3 is 0 Å². The van der Waals surface area contributed by atoms with Crippen LogP contribution in [0.5, 0.6) is 11.5 Å². The molecule has 2 aromatic heterocycles. The molecular weight excluding hydrogens is 885 g/mol. The molecular formula is C61H102N4O6. The monoisotopic (exact) mass is 987 g/mol. The predicted molar refractivity (Wildman–Crippen MR) is 307 cm³/mol. The fraction of sp³-hybridized carbons (Fsp3) is 0.607. The van der Waals surface area contributed by atoms with Crippen LogP contribution in [-0.2, 0) is 9.47 Å². The highest BCUT2D eigenvalue weighted by molar-refractivity contribution is 5.92. The zero-order valence-corrected chi connectivity index (χ0v) is 48.7. The van der Waals surface area contributed by atoms with E-state index in [0.717, 1.165) is 116 Å². The van der Waals surface area contributed by atoms with Crippen molar-refractivity contribution in [1.29, 1.82) is 0 Å². The largest absolute Gasteiger partial charge is 0.506 e. The lowest BCUT2D eigenvalue weighted by molar-refractivity contribution is 0.183. The van der Waals surface area contributed by atoms with E-state index in [1.165, 1.54) is 25.7 Å². The van der Waals surface area contributed by atoms with Gasteiger partial charge in [0.1, 0.15) is 22.5 Å². The smallest absolute Gasteiger partial charge is 0.146 e. The van der Waals surface area contributed by atoms with Gasteiger partial charge in [-0.3, -0.25) is 0 Å². The first-order chi connectivity index (χ1) is 33.5. The molecule has 10 nitrogen and oxygen atoms in total. The fourth-order valence-electron chi connectivity index (χ4n) is 5.48. The second-order valence-corrected chi connectivity index (χ2v) is 20.6. The number of methoxy groups -OCH3 is 3. The van der Waals surface area contributed by atoms with Gasteiger partial charge in [0.25, 0.3) is 0 Å². The van der Waals surface area contributed by atoms with E-state index in [9.17, 15) is 5.11 Å². The summed E-state index contributed by atoms with van der Waals surface area (Å²) >= 11 is 0. The minimum atomic E-state index is 0.191. The Morgan fingerprint density at radius 2 is 0.775 bits per heavy atom. The summed E-state index contributed by atoms with van der Waals surface area (Å²) in [6.07, 6.45) is 6.83. The molecule has 0 aliphatic rings. The number of hydrogen-bond acceptors (Lipinski definition) is 10. The molecule has 0 saturated carbocycles. The van der Waals surface area contributed by atoms with Crippen LogP contribution >= 0.6 is 0 Å². The van der Waals surface area contributed by atoms with E-state index in [4.69, 9.17) is 29.4 Å². The van der Waals surface area contributed by atoms with Crippen LogP contribution in [-0.4, -0.2) is 83.0 Å². The van der Waals surface area contributed by atoms with E-state index in [0.29, 0.717) is 30.6 Å². The number of fused-ring (bicyclic) bond motifs is 4. The van der Waals surface area contributed by atoms with Gasteiger partial charge in [-0.25, -0.2) is 19.9 Å². The third-order valence-electron chi connectivity index (χ3n) is 10.8. The quantitative estimate of drug-likeness (QED) is 0.0958. The van der Waals surface area contributed by atoms with E-state index >= 15 is 0 Å². The fourth-order valence-corrected chi connectivity index (χ4v) is 5.48. The number of aromatic nitrogens is 4. The molecule has 0 atom stereocenters. The molecule has 0 aliphatic heterocycles. The lowest BCUT2D eigenvalue weighted by Crippen LogP contribution is -1.94. The summed E-state index contributed by atoms with van der Waals surface area (Å²) in [5.74, 6) is 5.59. The van der Waals surface area contributed by atoms with Crippen molar-refractivity contribution in [2.24, 2.45) is 35.5 Å². The molecule has 6 rings (SSSR count). The number of aryl methyl sites for hydroxylation is 4. The standard InChI is InChI=1S/C15H14N2O.C14H12N2O.2C6H14O.2C5H12O.2C5H12/c1-9-7-12-15(13(8-9)18-3)16-11-6-4-5-10(2)14(11)17-12;1-8-6-11-14(12(17)7-8)15-10-5-3-4-9(2)13(10)16-11;2*1-6(2)4-5-7-3;2*1-5(2)3-4-6;2*1-4-5(2)3/h4-8H,1-3H3;3-7,17H,1-2H3;2*6H,4-5H2,1-3H3;2*5-6H,3-4H2,1-2H3;2*5H,4H2,1-3H3. The first kappa shape index (κ1) is 68.6. The van der Waals surface area contributed by atoms with Crippen LogP contribution in [0.1, 0.15) is 158 Å². The highest BCUT2D eigenvalue weighted by Gasteiger charge is 2.10. The minimum absolute atomic E-state index is 0.191. The molecule has 0 radical (unpaired) electrons. The zero-order chi connectivity index (χ0) is 54.6. The number of aromatic hydroxyl groups is 1. The minimum Gasteiger partial charge on any atom is -0.506 e. The summed E-state index contributed by atoms with van der Waals surface area (Å²) in [5.41, 5.74) is 10.9. The van der Waals surface area contributed by atoms with Gasteiger partial charge in [-0.2, -0.15) is 0 Å². The maximum Gasteiger partial charge on any atom is 0.146 e. The maximum absolute atomic E-state index is 9.88. The van der Waals surface area contributed by atoms with Crippen molar-refractivity contribution >= 4 is 44.1 Å². The summed E-state index contributed by atoms with van der Waals surface area (Å²) in [6.45, 7) is 40.9. The molecule has 0 unspecified atom stereocenters. The first-order valence-corrected chi connectivity index (χ1v) is 26.2. The van der Waals surface area contributed by atoms with E-state index in [1.807, 2.05) is 69.3 Å². The van der Waals surface area contributed by atoms with Gasteiger partial charge in [-0.15, -0.1) is 0 Å². The second-order valence-electron chi connectivity index (χ2n) is 20.6. The van der Waals surface area contributed by atoms with Gasteiger partial charge in [0, 0.05) is 40.6 Å². The van der Waals surface area contributed by atoms with E-state index in [2.05, 4.69) is 125 Å². The zero-order valence-electron chi connectivity index (χ0n) is 48.7. The first-order valence-electron chi connectivity index (χ1n) is 26.2. The number of aliphatic hydroxyl groups excluding tert-OH is 2. The highest BCUT2D eigenvalue weighted by Crippen LogP contribution is 2.28. The van der Waals surface area contributed by atoms with Gasteiger partial charge in [0.15, 0.2) is 0 Å². The lowest BCUT2D eigenvalue weighted by Gasteiger charge is -2.08. The molecule has 71 heavy (non-hydrogen) atoms. The van der Waals surface area contributed by atoms with Crippen molar-refractivity contribution in [3.63, 3.8) is 0 Å². The Balaban J connectivity index is 0. The van der Waals surface area contributed by atoms with Crippen LogP contribution < -0.4 is 4.74 Å². The Morgan fingerprint density at radius 1 is 0.437 bits per heavy atom. The molecule has 2 heterocycles. The molecule has 0 spiro atoms. The number of nitrogens with zero attached hydrogens (tertiary/aromatic N) is 4. The molecule has 10 heteroatoms. The topological polar surface area (TPSA) is 140 Å². The van der Waals surface area contributed by atoms with E-state index in [1.54, 1.807) is 27.4 Å². The number of rotatable bonds is 13. The molecule has 4 aromatic carbocycles. The highest BCUT2D eigenvalue weighted by atomic mass is 16.5. The summed E-state index contributed by atoms with van der Waals surface area (Å²) in [4.78, 5) is 18.4. The normalized spacial score (nSPS) is 10.5. The Labute approximate surface area is 432 Å². The number of benzene rings is 4. The molecule has 3 N–H and O–H groups in total. The summed E-state index contributed by atoms with van der Waals surface area (Å²) < 4.78 is 15.1. The number of aliphatic hydroxyl groups is 2. The van der Waals surface area contributed by atoms with Crippen molar-refractivity contribution in [2.75, 3.05) is 47.8 Å². The Bertz CT molecular complexity index is 2240. The molecule has 6 aromatic rings. The van der Waals surface area contributed by atoms with Crippen LogP contribution in [0.2, 0.25) is 0 Å². The average molecular weight is 988 g/mol. The molecule has 0 amide bonds. The molecule has 0 fully saturated rings. The number of phenols is 1. The third kappa shape index (κ3) is 31.6. The predicted octanol–water partition coefficient (Wildman–Crippen LogP) is 16.0. The molecule has 402 valence electrons. The average Bonchev–Trinajstić information content (AvgIpc) is 3.30. The third-order valence-corrected chi connectivity index (χ3v) is 10.8. The van der Waals surface area contributed by atoms with Gasteiger partial charge < -0.3 is 29.5 Å². The number of ether oxygens (including phenoxy) is 3. The molecule has 0 aliphatic carbocycles. The number of phenolic OH excluding ortho intramolecular Hbond substituents is 1. The Morgan fingerprint density at radius 3 is 1.07 bits per heavy atom. The van der Waals surface area contributed by atoms with Crippen molar-refractivity contribution < 1.29 is 29.5 Å². The van der Waals surface area contributed by atoms with Crippen molar-refractivity contribution in [1.82, 2.24) is 19.9 Å². The van der Waals surface area contributed by atoms with Crippen molar-refractivity contribution in [2.45, 2.75) is 163 Å². The molecule has 0 bridgehead atoms. The summed E-state index contributed by atoms with van der Waals surface area (Å²) in [5, 5.41) is 26.4. The van der Waals surface area contributed by atoms with Crippen LogP contribution in [0.3, 0.4) is 0 Å². The molecule has 0 saturated heterocycles. The van der Waals surface area contributed by atoms with Gasteiger partial charge in [-0.1, -0.05) is 134 Å². The van der Waals surface area contributed by atoms with Gasteiger partial charge in [0.2, 0.25) is 0 Å². The summed E-state index contributed by atoms with van der Waals surface area (Å²) in [7, 11) is 5.14. The Kier molecular flexibility index (Phi) is 38.7. The maximum atomic E-state index is 9.88. The Hall–Kier alpha value is -4.48. The van der Waals surface area contributed by atoms with Gasteiger partial charge in [-0.05, 0) is 148 Å². The van der Waals surface area contributed by atoms with E-state index in [-0.39, 0.29) is 5.75 Å². The van der Waals surface area contributed by atoms with Crippen LogP contribution in [0, 0.1) is 63.2 Å².